The van der Waals surface area contributed by atoms with Crippen molar-refractivity contribution in [2.24, 2.45) is 17.8 Å². The van der Waals surface area contributed by atoms with Crippen molar-refractivity contribution < 1.29 is 38.7 Å². The molecule has 0 aromatic rings. The number of rotatable bonds is 10. The number of aliphatic hydroxyl groups excluding tert-OH is 2. The zero-order valence-electron chi connectivity index (χ0n) is 27.7. The van der Waals surface area contributed by atoms with Crippen molar-refractivity contribution in [2.75, 3.05) is 33.3 Å². The van der Waals surface area contributed by atoms with Crippen molar-refractivity contribution in [1.29, 1.82) is 0 Å². The molecule has 1 amide bonds. The molecule has 3 N–H and O–H groups in total. The summed E-state index contributed by atoms with van der Waals surface area (Å²) in [6.07, 6.45) is 9.25. The second-order valence-electron chi connectivity index (χ2n) is 13.1. The van der Waals surface area contributed by atoms with Gasteiger partial charge in [-0.25, -0.2) is 4.79 Å². The Morgan fingerprint density at radius 1 is 1.27 bits per heavy atom. The highest BCUT2D eigenvalue weighted by molar-refractivity contribution is 5.70. The molecule has 0 aliphatic carbocycles. The van der Waals surface area contributed by atoms with Crippen LogP contribution < -0.4 is 5.32 Å². The van der Waals surface area contributed by atoms with Gasteiger partial charge in [-0.05, 0) is 57.1 Å². The van der Waals surface area contributed by atoms with Gasteiger partial charge in [0, 0.05) is 45.1 Å². The lowest BCUT2D eigenvalue weighted by molar-refractivity contribution is -0.151. The summed E-state index contributed by atoms with van der Waals surface area (Å²) in [6, 6.07) is 0. The average Bonchev–Trinajstić information content (AvgIpc) is 3.78. The number of piperazine rings is 1. The Labute approximate surface area is 263 Å². The van der Waals surface area contributed by atoms with Crippen molar-refractivity contribution in [2.45, 2.75) is 116 Å². The van der Waals surface area contributed by atoms with E-state index in [1.807, 2.05) is 58.9 Å². The number of nitrogens with zero attached hydrogens (tertiary/aromatic N) is 1. The van der Waals surface area contributed by atoms with Gasteiger partial charge in [-0.3, -0.25) is 4.79 Å². The van der Waals surface area contributed by atoms with Gasteiger partial charge in [0.2, 0.25) is 0 Å². The summed E-state index contributed by atoms with van der Waals surface area (Å²) in [5.41, 5.74) is -0.0467. The summed E-state index contributed by atoms with van der Waals surface area (Å²) in [6.45, 7) is 14.5. The number of carbonyl (C=O) groups is 2. The molecule has 3 aliphatic rings. The summed E-state index contributed by atoms with van der Waals surface area (Å²) in [5, 5.41) is 24.0. The highest BCUT2D eigenvalue weighted by atomic mass is 16.6. The third kappa shape index (κ3) is 10.4. The van der Waals surface area contributed by atoms with E-state index in [0.717, 1.165) is 18.4 Å². The third-order valence-electron chi connectivity index (χ3n) is 9.39. The zero-order chi connectivity index (χ0) is 32.4. The molecule has 2 saturated heterocycles. The van der Waals surface area contributed by atoms with E-state index < -0.39 is 36.0 Å². The molecule has 2 fully saturated rings. The summed E-state index contributed by atoms with van der Waals surface area (Å²) < 4.78 is 23.7. The van der Waals surface area contributed by atoms with Crippen LogP contribution in [0.1, 0.15) is 73.6 Å². The van der Waals surface area contributed by atoms with Crippen LogP contribution in [0.4, 0.5) is 4.79 Å². The summed E-state index contributed by atoms with van der Waals surface area (Å²) in [5.74, 6) is -0.316. The Morgan fingerprint density at radius 3 is 2.64 bits per heavy atom. The molecule has 0 aromatic carbocycles. The number of amides is 1. The van der Waals surface area contributed by atoms with Crippen molar-refractivity contribution in [3.8, 4) is 0 Å². The average molecular weight is 621 g/mol. The molecule has 44 heavy (non-hydrogen) atoms. The second kappa shape index (κ2) is 16.9. The van der Waals surface area contributed by atoms with Gasteiger partial charge in [0.05, 0.1) is 30.8 Å². The normalized spacial score (nSPS) is 35.2. The first-order valence-corrected chi connectivity index (χ1v) is 16.3. The van der Waals surface area contributed by atoms with Crippen molar-refractivity contribution in [3.63, 3.8) is 0 Å². The molecule has 0 spiro atoms. The molecule has 0 saturated carbocycles. The SMILES string of the molecule is CC[C@@H](O)[C@@H](C)[C@H]1O[C@@H]1C[C@@H](C)/C=C/C=C(\C)[C@H]1OC(=O)C[C@@H](O)CC[C@](C)(OC)[C@@H](OC(=O)N2CCNCC2)/C=C\[C@@H]1C. The van der Waals surface area contributed by atoms with Crippen LogP contribution in [-0.2, 0) is 23.7 Å². The summed E-state index contributed by atoms with van der Waals surface area (Å²) >= 11 is 0. The fourth-order valence-corrected chi connectivity index (χ4v) is 6.02. The number of ether oxygens (including phenoxy) is 4. The molecule has 0 radical (unpaired) electrons. The van der Waals surface area contributed by atoms with Gasteiger partial charge in [-0.15, -0.1) is 0 Å². The predicted molar refractivity (Wildman–Crippen MR) is 169 cm³/mol. The lowest BCUT2D eigenvalue weighted by Gasteiger charge is -2.37. The standard InChI is InChI=1S/C34H56N2O8/c1-8-27(38)25(5)32-28(42-32)20-22(2)10-9-11-23(3)31-24(4)12-13-29(43-33(40)36-18-16-35-17-19-36)34(6,41-7)15-14-26(37)21-30(39)44-31/h9-13,22,24-29,31-32,35,37-38H,8,14-21H2,1-7H3/b10-9+,13-12-,23-11+/t22-,24-,25+,26-,27+,28+,29-,31+,32+,34-/m0/s1. The van der Waals surface area contributed by atoms with Crippen LogP contribution in [-0.4, -0.2) is 103 Å². The second-order valence-corrected chi connectivity index (χ2v) is 13.1. The van der Waals surface area contributed by atoms with Crippen LogP contribution in [0, 0.1) is 17.8 Å². The Bertz CT molecular complexity index is 1020. The van der Waals surface area contributed by atoms with Crippen molar-refractivity contribution >= 4 is 12.1 Å². The number of cyclic esters (lactones) is 1. The first kappa shape index (κ1) is 36.2. The first-order valence-electron chi connectivity index (χ1n) is 16.3. The maximum Gasteiger partial charge on any atom is 0.410 e. The minimum atomic E-state index is -0.916. The van der Waals surface area contributed by atoms with E-state index in [1.165, 1.54) is 0 Å². The monoisotopic (exact) mass is 620 g/mol. The number of nitrogens with one attached hydrogen (secondary N) is 1. The summed E-state index contributed by atoms with van der Waals surface area (Å²) in [4.78, 5) is 27.6. The third-order valence-corrected chi connectivity index (χ3v) is 9.39. The topological polar surface area (TPSA) is 130 Å². The molecule has 0 unspecified atom stereocenters. The fraction of sp³-hybridized carbons (Fsp3) is 0.765. The highest BCUT2D eigenvalue weighted by Gasteiger charge is 2.45. The molecule has 250 valence electrons. The molecule has 0 aromatic heterocycles. The zero-order valence-corrected chi connectivity index (χ0v) is 27.7. The van der Waals surface area contributed by atoms with Crippen LogP contribution in [0.15, 0.2) is 36.0 Å². The van der Waals surface area contributed by atoms with E-state index in [2.05, 4.69) is 18.3 Å². The molecule has 3 aliphatic heterocycles. The Morgan fingerprint density at radius 2 is 1.98 bits per heavy atom. The number of allylic oxidation sites excluding steroid dienone is 3. The van der Waals surface area contributed by atoms with Gasteiger partial charge < -0.3 is 39.4 Å². The predicted octanol–water partition coefficient (Wildman–Crippen LogP) is 4.15. The molecule has 3 heterocycles. The van der Waals surface area contributed by atoms with Crippen LogP contribution >= 0.6 is 0 Å². The van der Waals surface area contributed by atoms with E-state index in [1.54, 1.807) is 12.0 Å². The lowest BCUT2D eigenvalue weighted by Crippen LogP contribution is -2.50. The van der Waals surface area contributed by atoms with Gasteiger partial charge in [-0.1, -0.05) is 52.0 Å². The van der Waals surface area contributed by atoms with Crippen LogP contribution in [0.5, 0.6) is 0 Å². The van der Waals surface area contributed by atoms with E-state index in [4.69, 9.17) is 18.9 Å². The van der Waals surface area contributed by atoms with E-state index in [-0.39, 0.29) is 48.9 Å². The Hall–Kier alpha value is -2.24. The van der Waals surface area contributed by atoms with Gasteiger partial charge in [0.15, 0.2) is 6.10 Å². The molecule has 10 atom stereocenters. The first-order chi connectivity index (χ1) is 20.9. The van der Waals surface area contributed by atoms with Crippen LogP contribution in [0.25, 0.3) is 0 Å². The number of epoxide rings is 1. The molecule has 0 bridgehead atoms. The molecule has 10 heteroatoms. The van der Waals surface area contributed by atoms with Gasteiger partial charge in [0.25, 0.3) is 0 Å². The van der Waals surface area contributed by atoms with Crippen LogP contribution in [0.2, 0.25) is 0 Å². The van der Waals surface area contributed by atoms with E-state index >= 15 is 0 Å². The van der Waals surface area contributed by atoms with Crippen LogP contribution in [0.3, 0.4) is 0 Å². The van der Waals surface area contributed by atoms with E-state index in [9.17, 15) is 19.8 Å². The minimum Gasteiger partial charge on any atom is -0.457 e. The highest BCUT2D eigenvalue weighted by Crippen LogP contribution is 2.36. The van der Waals surface area contributed by atoms with Gasteiger partial charge >= 0.3 is 12.1 Å². The lowest BCUT2D eigenvalue weighted by atomic mass is 9.88. The number of carbonyl (C=O) groups excluding carboxylic acids is 2. The van der Waals surface area contributed by atoms with Gasteiger partial charge in [0.1, 0.15) is 11.7 Å². The minimum absolute atomic E-state index is 0.108. The van der Waals surface area contributed by atoms with Gasteiger partial charge in [-0.2, -0.15) is 0 Å². The number of esters is 1. The molecular formula is C34H56N2O8. The Balaban J connectivity index is 1.74. The number of hydrogen-bond acceptors (Lipinski definition) is 9. The number of aliphatic hydroxyl groups is 2. The quantitative estimate of drug-likeness (QED) is 0.143. The number of hydrogen-bond donors (Lipinski definition) is 3. The number of methoxy groups -OCH3 is 1. The van der Waals surface area contributed by atoms with E-state index in [0.29, 0.717) is 32.6 Å². The van der Waals surface area contributed by atoms with Crippen molar-refractivity contribution in [3.05, 3.63) is 36.0 Å². The molecular weight excluding hydrogens is 564 g/mol. The maximum absolute atomic E-state index is 13.1. The maximum atomic E-state index is 13.1. The molecule has 3 rings (SSSR count). The largest absolute Gasteiger partial charge is 0.457 e. The van der Waals surface area contributed by atoms with Crippen molar-refractivity contribution in [1.82, 2.24) is 10.2 Å². The Kier molecular flexibility index (Phi) is 13.9. The summed E-state index contributed by atoms with van der Waals surface area (Å²) in [7, 11) is 1.57. The molecule has 10 nitrogen and oxygen atoms in total. The fourth-order valence-electron chi connectivity index (χ4n) is 6.02. The smallest absolute Gasteiger partial charge is 0.410 e.